The number of likely N-dealkylation sites (N-methyl/N-ethyl adjacent to an activating group) is 1. The summed E-state index contributed by atoms with van der Waals surface area (Å²) < 4.78 is 22.8. The van der Waals surface area contributed by atoms with Gasteiger partial charge in [0.05, 0.1) is 34.4 Å². The molecule has 0 saturated heterocycles. The van der Waals surface area contributed by atoms with Crippen molar-refractivity contribution < 1.29 is 42.9 Å². The van der Waals surface area contributed by atoms with Crippen molar-refractivity contribution in [3.8, 4) is 0 Å². The Hall–Kier alpha value is -3.53. The van der Waals surface area contributed by atoms with Crippen molar-refractivity contribution in [1.29, 1.82) is 0 Å². The van der Waals surface area contributed by atoms with Gasteiger partial charge in [-0.3, -0.25) is 9.59 Å². The molecule has 366 valence electrons. The average Bonchev–Trinajstić information content (AvgIpc) is 3.26. The monoisotopic (exact) mass is 897 g/mol. The van der Waals surface area contributed by atoms with Crippen LogP contribution in [0.4, 0.5) is 0 Å². The molecule has 0 radical (unpaired) electrons. The molecule has 0 spiro atoms. The van der Waals surface area contributed by atoms with Gasteiger partial charge < -0.3 is 28.5 Å². The number of hydrogen-bond donors (Lipinski definition) is 1. The highest BCUT2D eigenvalue weighted by atomic mass is 16.7. The number of hydrogen-bond acceptors (Lipinski definition) is 7. The lowest BCUT2D eigenvalue weighted by Gasteiger charge is -2.25. The van der Waals surface area contributed by atoms with Gasteiger partial charge in [0.15, 0.2) is 6.10 Å². The molecule has 0 bridgehead atoms. The second-order valence-corrected chi connectivity index (χ2v) is 17.7. The summed E-state index contributed by atoms with van der Waals surface area (Å²) in [4.78, 5) is 37.3. The number of allylic oxidation sites excluding steroid dienone is 14. The highest BCUT2D eigenvalue weighted by Crippen LogP contribution is 2.13. The summed E-state index contributed by atoms with van der Waals surface area (Å²) in [5.74, 6) is -2.06. The molecule has 0 aliphatic heterocycles. The predicted octanol–water partition coefficient (Wildman–Crippen LogP) is 14.1. The maximum atomic E-state index is 12.8. The lowest BCUT2D eigenvalue weighted by atomic mass is 10.1. The van der Waals surface area contributed by atoms with E-state index in [4.69, 9.17) is 18.9 Å². The molecule has 9 heteroatoms. The number of rotatable bonds is 45. The van der Waals surface area contributed by atoms with Crippen LogP contribution in [0.1, 0.15) is 187 Å². The highest BCUT2D eigenvalue weighted by Gasteiger charge is 2.25. The topological polar surface area (TPSA) is 108 Å². The number of nitrogens with zero attached hydrogens (tertiary/aromatic N) is 1. The molecule has 0 aromatic rings. The van der Waals surface area contributed by atoms with Crippen molar-refractivity contribution in [3.63, 3.8) is 0 Å². The molecule has 2 unspecified atom stereocenters. The van der Waals surface area contributed by atoms with Gasteiger partial charge in [0, 0.05) is 12.8 Å². The summed E-state index contributed by atoms with van der Waals surface area (Å²) in [7, 11) is 5.94. The minimum atomic E-state index is -1.52. The Balaban J connectivity index is 4.45. The van der Waals surface area contributed by atoms with Gasteiger partial charge in [0.1, 0.15) is 13.2 Å². The summed E-state index contributed by atoms with van der Waals surface area (Å²) in [6.07, 6.45) is 56.4. The number of carbonyl (C=O) groups is 3. The van der Waals surface area contributed by atoms with E-state index in [9.17, 15) is 19.5 Å². The zero-order valence-electron chi connectivity index (χ0n) is 41.4. The van der Waals surface area contributed by atoms with Crippen molar-refractivity contribution in [1.82, 2.24) is 0 Å². The number of esters is 2. The molecule has 2 atom stereocenters. The van der Waals surface area contributed by atoms with Crippen LogP contribution in [-0.2, 0) is 33.3 Å². The van der Waals surface area contributed by atoms with Crippen LogP contribution in [0.2, 0.25) is 0 Å². The first kappa shape index (κ1) is 60.5. The van der Waals surface area contributed by atoms with Gasteiger partial charge in [0.2, 0.25) is 0 Å². The maximum absolute atomic E-state index is 12.8. The SMILES string of the molecule is CC/C=C\C/C=C\C/C=C\C/C=C\C/C=C\C/C=C\CCCCCCC(=O)OC(COC(=O)CCCCCCC/C=C\CCCCCCCCC)COC(OCC[N+](C)(C)C)C(=O)O. The van der Waals surface area contributed by atoms with E-state index in [0.717, 1.165) is 103 Å². The predicted molar refractivity (Wildman–Crippen MR) is 267 cm³/mol. The highest BCUT2D eigenvalue weighted by molar-refractivity contribution is 5.71. The van der Waals surface area contributed by atoms with Gasteiger partial charge in [-0.05, 0) is 89.9 Å². The molecule has 0 aliphatic rings. The van der Waals surface area contributed by atoms with E-state index in [0.29, 0.717) is 17.4 Å². The quantitative estimate of drug-likeness (QED) is 0.0212. The fraction of sp³-hybridized carbons (Fsp3) is 0.691. The van der Waals surface area contributed by atoms with Crippen molar-refractivity contribution >= 4 is 17.9 Å². The molecule has 0 aromatic carbocycles. The van der Waals surface area contributed by atoms with Crippen molar-refractivity contribution in [2.75, 3.05) is 47.5 Å². The summed E-state index contributed by atoms with van der Waals surface area (Å²) in [5.41, 5.74) is 0. The summed E-state index contributed by atoms with van der Waals surface area (Å²) in [6, 6.07) is 0. The number of unbranched alkanes of at least 4 members (excludes halogenated alkanes) is 16. The van der Waals surface area contributed by atoms with Crippen LogP contribution in [-0.4, -0.2) is 87.4 Å². The van der Waals surface area contributed by atoms with Gasteiger partial charge >= 0.3 is 17.9 Å². The number of carboxylic acids is 1. The van der Waals surface area contributed by atoms with Crippen LogP contribution >= 0.6 is 0 Å². The van der Waals surface area contributed by atoms with Crippen LogP contribution in [0.3, 0.4) is 0 Å². The van der Waals surface area contributed by atoms with Crippen LogP contribution in [0, 0.1) is 0 Å². The lowest BCUT2D eigenvalue weighted by Crippen LogP contribution is -2.40. The van der Waals surface area contributed by atoms with E-state index < -0.39 is 24.3 Å². The molecule has 0 aliphatic carbocycles. The fourth-order valence-electron chi connectivity index (χ4n) is 6.48. The Morgan fingerprint density at radius 3 is 1.34 bits per heavy atom. The fourth-order valence-corrected chi connectivity index (χ4v) is 6.48. The van der Waals surface area contributed by atoms with E-state index in [2.05, 4.69) is 98.9 Å². The molecular formula is C55H94NO8+. The van der Waals surface area contributed by atoms with Crippen LogP contribution in [0.5, 0.6) is 0 Å². The summed E-state index contributed by atoms with van der Waals surface area (Å²) >= 11 is 0. The molecule has 0 saturated carbocycles. The van der Waals surface area contributed by atoms with E-state index in [1.165, 1.54) is 51.4 Å². The lowest BCUT2D eigenvalue weighted by molar-refractivity contribution is -0.870. The smallest absolute Gasteiger partial charge is 0.361 e. The summed E-state index contributed by atoms with van der Waals surface area (Å²) in [5, 5.41) is 9.66. The van der Waals surface area contributed by atoms with Gasteiger partial charge in [-0.25, -0.2) is 4.79 Å². The minimum absolute atomic E-state index is 0.177. The third-order valence-corrected chi connectivity index (χ3v) is 10.4. The second kappa shape index (κ2) is 46.0. The number of carbonyl (C=O) groups excluding carboxylic acids is 2. The van der Waals surface area contributed by atoms with Gasteiger partial charge in [-0.15, -0.1) is 0 Å². The van der Waals surface area contributed by atoms with Crippen LogP contribution in [0.25, 0.3) is 0 Å². The number of carboxylic acid groups (broad SMARTS) is 1. The van der Waals surface area contributed by atoms with E-state index in [1.807, 2.05) is 21.1 Å². The molecule has 9 nitrogen and oxygen atoms in total. The molecule has 1 N–H and O–H groups in total. The van der Waals surface area contributed by atoms with Gasteiger partial charge in [-0.2, -0.15) is 0 Å². The van der Waals surface area contributed by atoms with Crippen LogP contribution < -0.4 is 0 Å². The molecule has 64 heavy (non-hydrogen) atoms. The molecule has 0 aromatic heterocycles. The third kappa shape index (κ3) is 46.5. The van der Waals surface area contributed by atoms with Crippen LogP contribution in [0.15, 0.2) is 85.1 Å². The third-order valence-electron chi connectivity index (χ3n) is 10.4. The first-order valence-corrected chi connectivity index (χ1v) is 25.3. The second-order valence-electron chi connectivity index (χ2n) is 17.7. The molecule has 0 fully saturated rings. The van der Waals surface area contributed by atoms with Crippen molar-refractivity contribution in [2.45, 2.75) is 200 Å². The minimum Gasteiger partial charge on any atom is -0.477 e. The average molecular weight is 897 g/mol. The zero-order valence-corrected chi connectivity index (χ0v) is 41.4. The van der Waals surface area contributed by atoms with Gasteiger partial charge in [-0.1, -0.05) is 170 Å². The normalized spacial score (nSPS) is 13.6. The Morgan fingerprint density at radius 1 is 0.484 bits per heavy atom. The van der Waals surface area contributed by atoms with E-state index in [-0.39, 0.29) is 38.6 Å². The zero-order chi connectivity index (χ0) is 47.0. The van der Waals surface area contributed by atoms with E-state index >= 15 is 0 Å². The number of quaternary nitrogens is 1. The number of aliphatic carboxylic acids is 1. The van der Waals surface area contributed by atoms with Crippen molar-refractivity contribution in [2.24, 2.45) is 0 Å². The molecule has 0 amide bonds. The van der Waals surface area contributed by atoms with Crippen molar-refractivity contribution in [3.05, 3.63) is 85.1 Å². The largest absolute Gasteiger partial charge is 0.477 e. The Bertz CT molecular complexity index is 1320. The Morgan fingerprint density at radius 2 is 0.891 bits per heavy atom. The molecule has 0 rings (SSSR count). The molecular weight excluding hydrogens is 803 g/mol. The standard InChI is InChI=1S/C55H93NO8/c1-6-8-10-12-14-16-18-20-22-24-25-26-27-28-29-30-32-34-36-38-40-42-44-46-53(58)64-51(50-63-55(54(59)60)61-48-47-56(3,4)5)49-62-52(57)45-43-41-39-37-35-33-31-23-21-19-17-15-13-11-9-7-2/h8,10,14,16,20,22-23,25-26,28-29,31-32,34,51,55H,6-7,9,11-13,15,17-19,21,24,27,30,33,35-50H2,1-5H3/p+1/b10-8-,16-14-,22-20-,26-25-,29-28-,31-23-,34-32-. The van der Waals surface area contributed by atoms with Gasteiger partial charge in [0.25, 0.3) is 6.29 Å². The maximum Gasteiger partial charge on any atom is 0.361 e. The molecule has 0 heterocycles. The Labute approximate surface area is 391 Å². The Kier molecular flexibility index (Phi) is 43.5. The first-order valence-electron chi connectivity index (χ1n) is 25.3. The number of ether oxygens (including phenoxy) is 4. The summed E-state index contributed by atoms with van der Waals surface area (Å²) in [6.45, 7) is 4.70. The first-order chi connectivity index (χ1) is 31.1. The van der Waals surface area contributed by atoms with E-state index in [1.54, 1.807) is 0 Å².